The summed E-state index contributed by atoms with van der Waals surface area (Å²) in [6.45, 7) is 7.49. The Bertz CT molecular complexity index is 761. The second-order valence-electron chi connectivity index (χ2n) is 10.1. The number of nitrogens with zero attached hydrogens (tertiary/aromatic N) is 2. The number of ether oxygens (including phenoxy) is 2. The third-order valence-corrected chi connectivity index (χ3v) is 11.7. The lowest BCUT2D eigenvalue weighted by atomic mass is 10.1. The van der Waals surface area contributed by atoms with Crippen LogP contribution in [0.4, 0.5) is 4.79 Å². The molecule has 2 unspecified atom stereocenters. The first-order chi connectivity index (χ1) is 17.0. The molecule has 0 bridgehead atoms. The second kappa shape index (κ2) is 17.7. The predicted octanol–water partition coefficient (Wildman–Crippen LogP) is 9.55. The van der Waals surface area contributed by atoms with Crippen LogP contribution in [0.3, 0.4) is 0 Å². The van der Waals surface area contributed by atoms with Gasteiger partial charge in [0.25, 0.3) is 5.88 Å². The van der Waals surface area contributed by atoms with Gasteiger partial charge in [0, 0.05) is 23.6 Å². The van der Waals surface area contributed by atoms with Gasteiger partial charge in [-0.2, -0.15) is 4.37 Å². The Kier molecular flexibility index (Phi) is 15.4. The Morgan fingerprint density at radius 2 is 1.63 bits per heavy atom. The van der Waals surface area contributed by atoms with Crippen molar-refractivity contribution < 1.29 is 14.3 Å². The Morgan fingerprint density at radius 1 is 1.00 bits per heavy atom. The summed E-state index contributed by atoms with van der Waals surface area (Å²) < 4.78 is 20.8. The van der Waals surface area contributed by atoms with E-state index in [1.165, 1.54) is 87.9 Å². The number of rotatable bonds is 19. The molecule has 0 aliphatic carbocycles. The maximum atomic E-state index is 11.8. The zero-order chi connectivity index (χ0) is 25.4. The molecular formula is C27H47ClN2O3PS+. The Morgan fingerprint density at radius 3 is 2.29 bits per heavy atom. The van der Waals surface area contributed by atoms with E-state index in [2.05, 4.69) is 35.3 Å². The summed E-state index contributed by atoms with van der Waals surface area (Å²) in [6.07, 6.45) is 22.4. The summed E-state index contributed by atoms with van der Waals surface area (Å²) in [7, 11) is -1.57. The molecule has 1 aliphatic heterocycles. The highest BCUT2D eigenvalue weighted by molar-refractivity contribution is 7.76. The molecule has 5 nitrogen and oxygen atoms in total. The zero-order valence-corrected chi connectivity index (χ0v) is 24.7. The van der Waals surface area contributed by atoms with Crippen LogP contribution in [-0.4, -0.2) is 45.6 Å². The Labute approximate surface area is 223 Å². The highest BCUT2D eigenvalue weighted by Gasteiger charge is 2.46. The van der Waals surface area contributed by atoms with Gasteiger partial charge in [0.15, 0.2) is 0 Å². The number of unbranched alkanes of at least 4 members (excludes halogenated alkanes) is 11. The summed E-state index contributed by atoms with van der Waals surface area (Å²) in [5.74, 6) is 0.585. The largest absolute Gasteiger partial charge is 0.475 e. The van der Waals surface area contributed by atoms with Crippen LogP contribution >= 0.6 is 30.6 Å². The average Bonchev–Trinajstić information content (AvgIpc) is 3.30. The minimum absolute atomic E-state index is 0.0780. The minimum atomic E-state index is -1.57. The molecule has 0 spiro atoms. The fraction of sp³-hybridized carbons (Fsp3) is 0.815. The predicted molar refractivity (Wildman–Crippen MR) is 153 cm³/mol. The zero-order valence-electron chi connectivity index (χ0n) is 22.2. The van der Waals surface area contributed by atoms with Gasteiger partial charge in [-0.05, 0) is 19.3 Å². The summed E-state index contributed by atoms with van der Waals surface area (Å²) >= 11 is 6.95. The summed E-state index contributed by atoms with van der Waals surface area (Å²) in [6, 6.07) is 0. The van der Waals surface area contributed by atoms with Crippen LogP contribution in [-0.2, 0) is 4.74 Å². The van der Waals surface area contributed by atoms with Crippen LogP contribution in [0.2, 0.25) is 0 Å². The van der Waals surface area contributed by atoms with Gasteiger partial charge in [0.1, 0.15) is 5.69 Å². The van der Waals surface area contributed by atoms with Gasteiger partial charge in [-0.25, -0.2) is 4.79 Å². The molecule has 0 amide bonds. The van der Waals surface area contributed by atoms with E-state index in [1.807, 2.05) is 0 Å². The minimum Gasteiger partial charge on any atom is -0.475 e. The first kappa shape index (κ1) is 30.5. The van der Waals surface area contributed by atoms with E-state index in [9.17, 15) is 4.79 Å². The molecule has 1 aliphatic rings. The first-order valence-electron chi connectivity index (χ1n) is 13.8. The molecule has 8 heteroatoms. The molecule has 2 atom stereocenters. The highest BCUT2D eigenvalue weighted by Crippen LogP contribution is 2.65. The lowest BCUT2D eigenvalue weighted by Crippen LogP contribution is -2.25. The Balaban J connectivity index is 1.89. The molecule has 0 fully saturated rings. The number of hydrogen-bond donors (Lipinski definition) is 0. The number of halogens is 1. The maximum Gasteiger partial charge on any atom is 0.406 e. The monoisotopic (exact) mass is 545 g/mol. The SMILES string of the molecule is CCCCCCCCCCCC(OC(=O)Cl)[P+]1(C)CCC=C(c2nsnc2OCCCCCC)C1. The molecule has 0 saturated heterocycles. The van der Waals surface area contributed by atoms with Gasteiger partial charge in [0.05, 0.1) is 44.6 Å². The number of carbonyl (C=O) groups excluding carboxylic acids is 1. The smallest absolute Gasteiger partial charge is 0.406 e. The standard InChI is InChI=1S/C27H47ClN2O3PS/c1-4-6-8-10-11-12-13-14-15-19-24(33-27(28)31)34(3)21-17-18-23(22-34)25-26(30-35-29-25)32-20-16-9-7-5-2/h18,24H,4-17,19-22H2,1-3H3/q+1. The van der Waals surface area contributed by atoms with Crippen LogP contribution in [0, 0.1) is 0 Å². The lowest BCUT2D eigenvalue weighted by molar-refractivity contribution is 0.153. The van der Waals surface area contributed by atoms with Crippen molar-refractivity contribution in [3.05, 3.63) is 11.8 Å². The quantitative estimate of drug-likeness (QED) is 0.0983. The third kappa shape index (κ3) is 11.5. The van der Waals surface area contributed by atoms with Crippen LogP contribution in [0.15, 0.2) is 6.08 Å². The molecule has 1 aromatic rings. The van der Waals surface area contributed by atoms with Gasteiger partial charge in [-0.1, -0.05) is 90.6 Å². The maximum absolute atomic E-state index is 11.8. The third-order valence-electron chi connectivity index (χ3n) is 7.04. The number of hydrogen-bond acceptors (Lipinski definition) is 6. The van der Waals surface area contributed by atoms with Crippen molar-refractivity contribution in [3.8, 4) is 5.88 Å². The van der Waals surface area contributed by atoms with Gasteiger partial charge in [-0.3, -0.25) is 0 Å². The van der Waals surface area contributed by atoms with E-state index >= 15 is 0 Å². The molecule has 0 saturated carbocycles. The number of aromatic nitrogens is 2. The van der Waals surface area contributed by atoms with Gasteiger partial charge < -0.3 is 9.47 Å². The molecule has 1 aromatic heterocycles. The van der Waals surface area contributed by atoms with Gasteiger partial charge in [-0.15, -0.1) is 4.37 Å². The van der Waals surface area contributed by atoms with Crippen molar-refractivity contribution in [3.63, 3.8) is 0 Å². The van der Waals surface area contributed by atoms with Crippen molar-refractivity contribution in [2.45, 2.75) is 116 Å². The van der Waals surface area contributed by atoms with Crippen LogP contribution < -0.4 is 4.74 Å². The van der Waals surface area contributed by atoms with Gasteiger partial charge in [0.2, 0.25) is 5.85 Å². The fourth-order valence-corrected chi connectivity index (χ4v) is 9.17. The Hall–Kier alpha value is -0.710. The second-order valence-corrected chi connectivity index (χ2v) is 15.3. The summed E-state index contributed by atoms with van der Waals surface area (Å²) in [5.41, 5.74) is 1.41. The molecule has 200 valence electrons. The van der Waals surface area contributed by atoms with Crippen LogP contribution in [0.5, 0.6) is 5.88 Å². The average molecular weight is 546 g/mol. The summed E-state index contributed by atoms with van der Waals surface area (Å²) in [5, 5.41) is 0. The molecule has 2 rings (SSSR count). The molecule has 0 radical (unpaired) electrons. The molecule has 2 heterocycles. The van der Waals surface area contributed by atoms with Gasteiger partial charge >= 0.3 is 5.43 Å². The van der Waals surface area contributed by atoms with Crippen LogP contribution in [0.25, 0.3) is 5.57 Å². The molecular weight excluding hydrogens is 499 g/mol. The highest BCUT2D eigenvalue weighted by atomic mass is 35.5. The molecule has 35 heavy (non-hydrogen) atoms. The van der Waals surface area contributed by atoms with Crippen molar-refractivity contribution in [2.24, 2.45) is 0 Å². The molecule has 0 aromatic carbocycles. The van der Waals surface area contributed by atoms with Crippen LogP contribution in [0.1, 0.15) is 116 Å². The van der Waals surface area contributed by atoms with E-state index in [1.54, 1.807) is 0 Å². The summed E-state index contributed by atoms with van der Waals surface area (Å²) in [4.78, 5) is 11.8. The van der Waals surface area contributed by atoms with Crippen molar-refractivity contribution >= 4 is 41.6 Å². The number of carbonyl (C=O) groups is 1. The van der Waals surface area contributed by atoms with E-state index in [4.69, 9.17) is 21.1 Å². The van der Waals surface area contributed by atoms with Crippen molar-refractivity contribution in [1.29, 1.82) is 0 Å². The van der Waals surface area contributed by atoms with Crippen molar-refractivity contribution in [2.75, 3.05) is 25.6 Å². The number of allylic oxidation sites excluding steroid dienone is 2. The van der Waals surface area contributed by atoms with Crippen molar-refractivity contribution in [1.82, 2.24) is 8.75 Å². The first-order valence-corrected chi connectivity index (χ1v) is 17.6. The van der Waals surface area contributed by atoms with E-state index < -0.39 is 12.7 Å². The lowest BCUT2D eigenvalue weighted by Gasteiger charge is -2.33. The van der Waals surface area contributed by atoms with E-state index in [-0.39, 0.29) is 5.85 Å². The topological polar surface area (TPSA) is 61.3 Å². The van der Waals surface area contributed by atoms with E-state index in [0.717, 1.165) is 43.7 Å². The molecule has 0 N–H and O–H groups in total. The fourth-order valence-electron chi connectivity index (χ4n) is 4.89. The van der Waals surface area contributed by atoms with E-state index in [0.29, 0.717) is 12.5 Å². The normalized spacial score (nSPS) is 18.8.